The summed E-state index contributed by atoms with van der Waals surface area (Å²) in [4.78, 5) is 13.2. The maximum absolute atomic E-state index is 11.0. The van der Waals surface area contributed by atoms with E-state index in [9.17, 15) is 4.79 Å². The van der Waals surface area contributed by atoms with Crippen molar-refractivity contribution >= 4 is 24.1 Å². The molecule has 1 heterocycles. The van der Waals surface area contributed by atoms with E-state index in [-0.39, 0.29) is 24.9 Å². The lowest BCUT2D eigenvalue weighted by molar-refractivity contribution is -0.137. The monoisotopic (exact) mass is 347 g/mol. The first kappa shape index (κ1) is 18.1. The zero-order valence-corrected chi connectivity index (χ0v) is 14.5. The first-order valence-electron chi connectivity index (χ1n) is 7.95. The molecule has 1 fully saturated rings. The zero-order valence-electron chi connectivity index (χ0n) is 13.6. The molecule has 2 aromatic rings. The third-order valence-corrected chi connectivity index (χ3v) is 4.28. The number of carboxylic acid groups (broad SMARTS) is 1. The van der Waals surface area contributed by atoms with Crippen molar-refractivity contribution in [2.75, 3.05) is 11.4 Å². The summed E-state index contributed by atoms with van der Waals surface area (Å²) in [6.45, 7) is 2.93. The van der Waals surface area contributed by atoms with Gasteiger partial charge in [0.15, 0.2) is 0 Å². The zero-order chi connectivity index (χ0) is 16.2. The first-order chi connectivity index (χ1) is 11.1. The van der Waals surface area contributed by atoms with Crippen molar-refractivity contribution in [2.45, 2.75) is 32.2 Å². The Labute approximate surface area is 148 Å². The van der Waals surface area contributed by atoms with Crippen LogP contribution in [0.5, 0.6) is 11.5 Å². The molecule has 0 spiro atoms. The molecular weight excluding hydrogens is 326 g/mol. The highest BCUT2D eigenvalue weighted by Gasteiger charge is 2.26. The third-order valence-electron chi connectivity index (χ3n) is 4.28. The number of para-hydroxylation sites is 1. The number of ether oxygens (including phenoxy) is 1. The topological polar surface area (TPSA) is 49.8 Å². The van der Waals surface area contributed by atoms with Crippen molar-refractivity contribution in [3.8, 4) is 11.5 Å². The Kier molecular flexibility index (Phi) is 6.10. The molecule has 1 atom stereocenters. The summed E-state index contributed by atoms with van der Waals surface area (Å²) in [6, 6.07) is 15.9. The number of halogens is 1. The van der Waals surface area contributed by atoms with Gasteiger partial charge in [0, 0.05) is 18.3 Å². The van der Waals surface area contributed by atoms with E-state index in [1.807, 2.05) is 55.5 Å². The normalized spacial score (nSPS) is 16.5. The summed E-state index contributed by atoms with van der Waals surface area (Å²) < 4.78 is 5.91. The average Bonchev–Trinajstić information content (AvgIpc) is 2.98. The van der Waals surface area contributed by atoms with Crippen molar-refractivity contribution in [1.82, 2.24) is 0 Å². The molecule has 3 rings (SSSR count). The molecule has 1 aliphatic heterocycles. The third kappa shape index (κ3) is 4.20. The van der Waals surface area contributed by atoms with Crippen molar-refractivity contribution in [3.05, 3.63) is 54.1 Å². The van der Waals surface area contributed by atoms with Gasteiger partial charge in [0.05, 0.1) is 6.42 Å². The summed E-state index contributed by atoms with van der Waals surface area (Å²) in [5.74, 6) is 0.906. The van der Waals surface area contributed by atoms with Crippen molar-refractivity contribution in [2.24, 2.45) is 0 Å². The summed E-state index contributed by atoms with van der Waals surface area (Å²) >= 11 is 0. The second-order valence-corrected chi connectivity index (χ2v) is 5.95. The lowest BCUT2D eigenvalue weighted by atomic mass is 10.1. The van der Waals surface area contributed by atoms with Crippen LogP contribution >= 0.6 is 12.4 Å². The highest BCUT2D eigenvalue weighted by molar-refractivity contribution is 5.85. The molecule has 0 amide bonds. The van der Waals surface area contributed by atoms with Crippen LogP contribution in [-0.4, -0.2) is 23.7 Å². The summed E-state index contributed by atoms with van der Waals surface area (Å²) in [5, 5.41) is 9.03. The minimum absolute atomic E-state index is 0. The maximum atomic E-state index is 11.0. The van der Waals surface area contributed by atoms with E-state index in [1.54, 1.807) is 0 Å². The highest BCUT2D eigenvalue weighted by Crippen LogP contribution is 2.30. The van der Waals surface area contributed by atoms with Crippen LogP contribution in [0.2, 0.25) is 0 Å². The van der Waals surface area contributed by atoms with Gasteiger partial charge in [-0.05, 0) is 55.7 Å². The van der Waals surface area contributed by atoms with Gasteiger partial charge in [-0.15, -0.1) is 12.4 Å². The molecule has 0 bridgehead atoms. The van der Waals surface area contributed by atoms with Gasteiger partial charge in [0.2, 0.25) is 0 Å². The average molecular weight is 348 g/mol. The minimum Gasteiger partial charge on any atom is -0.481 e. The molecule has 2 aromatic carbocycles. The number of anilines is 1. The fourth-order valence-corrected chi connectivity index (χ4v) is 3.09. The Bertz CT molecular complexity index is 687. The highest BCUT2D eigenvalue weighted by atomic mass is 35.5. The minimum atomic E-state index is -0.735. The number of aliphatic carboxylic acids is 1. The van der Waals surface area contributed by atoms with Crippen LogP contribution in [0.15, 0.2) is 48.5 Å². The maximum Gasteiger partial charge on any atom is 0.305 e. The van der Waals surface area contributed by atoms with Gasteiger partial charge in [0.1, 0.15) is 11.5 Å². The van der Waals surface area contributed by atoms with E-state index in [0.29, 0.717) is 0 Å². The standard InChI is InChI=1S/C19H21NO3.ClH/c1-14-5-2-3-7-18(14)23-17-10-8-15(9-11-17)20-12-4-6-16(20)13-19(21)22;/h2-3,5,7-11,16H,4,6,12-13H2,1H3,(H,21,22);1H/t16-;/m0./s1. The fraction of sp³-hybridized carbons (Fsp3) is 0.316. The predicted molar refractivity (Wildman–Crippen MR) is 97.6 cm³/mol. The molecule has 5 heteroatoms. The molecule has 4 nitrogen and oxygen atoms in total. The predicted octanol–water partition coefficient (Wildman–Crippen LogP) is 4.65. The number of hydrogen-bond acceptors (Lipinski definition) is 3. The molecular formula is C19H22ClNO3. The largest absolute Gasteiger partial charge is 0.481 e. The van der Waals surface area contributed by atoms with E-state index >= 15 is 0 Å². The lowest BCUT2D eigenvalue weighted by Gasteiger charge is -2.25. The van der Waals surface area contributed by atoms with Gasteiger partial charge in [-0.2, -0.15) is 0 Å². The van der Waals surface area contributed by atoms with Crippen LogP contribution in [0.4, 0.5) is 5.69 Å². The van der Waals surface area contributed by atoms with E-state index in [2.05, 4.69) is 4.90 Å². The van der Waals surface area contributed by atoms with Gasteiger partial charge in [-0.3, -0.25) is 4.79 Å². The molecule has 0 unspecified atom stereocenters. The Morgan fingerprint density at radius 3 is 2.58 bits per heavy atom. The van der Waals surface area contributed by atoms with E-state index in [1.165, 1.54) is 0 Å². The smallest absolute Gasteiger partial charge is 0.305 e. The van der Waals surface area contributed by atoms with Crippen molar-refractivity contribution in [3.63, 3.8) is 0 Å². The number of nitrogens with zero attached hydrogens (tertiary/aromatic N) is 1. The molecule has 24 heavy (non-hydrogen) atoms. The summed E-state index contributed by atoms with van der Waals surface area (Å²) in [6.07, 6.45) is 2.18. The van der Waals surface area contributed by atoms with Crippen LogP contribution in [-0.2, 0) is 4.79 Å². The number of hydrogen-bond donors (Lipinski definition) is 1. The van der Waals surface area contributed by atoms with Gasteiger partial charge < -0.3 is 14.7 Å². The second-order valence-electron chi connectivity index (χ2n) is 5.95. The Hall–Kier alpha value is -2.20. The molecule has 0 aliphatic carbocycles. The number of aryl methyl sites for hydroxylation is 1. The van der Waals surface area contributed by atoms with E-state index < -0.39 is 5.97 Å². The number of carboxylic acids is 1. The van der Waals surface area contributed by atoms with E-state index in [4.69, 9.17) is 9.84 Å². The molecule has 1 N–H and O–H groups in total. The van der Waals surface area contributed by atoms with Gasteiger partial charge in [-0.25, -0.2) is 0 Å². The number of carbonyl (C=O) groups is 1. The van der Waals surface area contributed by atoms with Crippen molar-refractivity contribution in [1.29, 1.82) is 0 Å². The van der Waals surface area contributed by atoms with Crippen LogP contribution < -0.4 is 9.64 Å². The van der Waals surface area contributed by atoms with Crippen LogP contribution in [0.1, 0.15) is 24.8 Å². The Balaban J connectivity index is 0.00000208. The first-order valence-corrected chi connectivity index (χ1v) is 7.95. The molecule has 0 saturated carbocycles. The van der Waals surface area contributed by atoms with Crippen molar-refractivity contribution < 1.29 is 14.6 Å². The Morgan fingerprint density at radius 1 is 1.21 bits per heavy atom. The van der Waals surface area contributed by atoms with Gasteiger partial charge in [0.25, 0.3) is 0 Å². The SMILES string of the molecule is Cc1ccccc1Oc1ccc(N2CCC[C@H]2CC(=O)O)cc1.Cl. The second kappa shape index (κ2) is 8.06. The molecule has 1 saturated heterocycles. The number of benzene rings is 2. The molecule has 0 radical (unpaired) electrons. The van der Waals surface area contributed by atoms with E-state index in [0.717, 1.165) is 42.1 Å². The molecule has 0 aromatic heterocycles. The van der Waals surface area contributed by atoms with Gasteiger partial charge in [-0.1, -0.05) is 18.2 Å². The van der Waals surface area contributed by atoms with Crippen LogP contribution in [0, 0.1) is 6.92 Å². The van der Waals surface area contributed by atoms with Crippen LogP contribution in [0.3, 0.4) is 0 Å². The Morgan fingerprint density at radius 2 is 1.92 bits per heavy atom. The van der Waals surface area contributed by atoms with Crippen LogP contribution in [0.25, 0.3) is 0 Å². The summed E-state index contributed by atoms with van der Waals surface area (Å²) in [7, 11) is 0. The summed E-state index contributed by atoms with van der Waals surface area (Å²) in [5.41, 5.74) is 2.16. The fourth-order valence-electron chi connectivity index (χ4n) is 3.09. The molecule has 128 valence electrons. The van der Waals surface area contributed by atoms with Gasteiger partial charge >= 0.3 is 5.97 Å². The quantitative estimate of drug-likeness (QED) is 0.855. The number of rotatable bonds is 5. The molecule has 1 aliphatic rings. The lowest BCUT2D eigenvalue weighted by Crippen LogP contribution is -2.31.